The second-order valence-corrected chi connectivity index (χ2v) is 4.92. The van der Waals surface area contributed by atoms with Gasteiger partial charge in [-0.1, -0.05) is 25.1 Å². The Hall–Kier alpha value is -1.44. The lowest BCUT2D eigenvalue weighted by Gasteiger charge is -2.36. The third-order valence-corrected chi connectivity index (χ3v) is 3.62. The Labute approximate surface area is 114 Å². The molecule has 2 N–H and O–H groups in total. The van der Waals surface area contributed by atoms with Crippen LogP contribution in [0.5, 0.6) is 0 Å². The van der Waals surface area contributed by atoms with E-state index in [9.17, 15) is 4.39 Å². The number of nitrogens with zero attached hydrogens (tertiary/aromatic N) is 2. The highest BCUT2D eigenvalue weighted by atomic mass is 19.1. The van der Waals surface area contributed by atoms with Crippen LogP contribution in [0, 0.1) is 17.1 Å². The lowest BCUT2D eigenvalue weighted by molar-refractivity contribution is 0.156. The van der Waals surface area contributed by atoms with E-state index in [2.05, 4.69) is 6.07 Å². The molecule has 0 bridgehead atoms. The van der Waals surface area contributed by atoms with Crippen LogP contribution in [0.25, 0.3) is 0 Å². The molecule has 0 heterocycles. The minimum absolute atomic E-state index is 0.0345. The van der Waals surface area contributed by atoms with Crippen LogP contribution in [0.4, 0.5) is 4.39 Å². The number of hydrogen-bond donors (Lipinski definition) is 1. The molecule has 19 heavy (non-hydrogen) atoms. The summed E-state index contributed by atoms with van der Waals surface area (Å²) in [5.41, 5.74) is 6.76. The van der Waals surface area contributed by atoms with E-state index in [1.165, 1.54) is 6.07 Å². The maximum atomic E-state index is 14.0. The van der Waals surface area contributed by atoms with Gasteiger partial charge >= 0.3 is 0 Å². The van der Waals surface area contributed by atoms with E-state index in [4.69, 9.17) is 11.0 Å². The molecule has 1 rings (SSSR count). The third-order valence-electron chi connectivity index (χ3n) is 3.62. The molecule has 3 unspecified atom stereocenters. The normalized spacial score (nSPS) is 15.8. The Balaban J connectivity index is 3.09. The van der Waals surface area contributed by atoms with Crippen molar-refractivity contribution in [2.24, 2.45) is 5.73 Å². The number of hydrogen-bond acceptors (Lipinski definition) is 3. The lowest BCUT2D eigenvalue weighted by Crippen LogP contribution is -2.43. The average molecular weight is 263 g/mol. The minimum Gasteiger partial charge on any atom is -0.326 e. The summed E-state index contributed by atoms with van der Waals surface area (Å²) in [6.07, 6.45) is 1.15. The van der Waals surface area contributed by atoms with Crippen LogP contribution >= 0.6 is 0 Å². The molecule has 0 aliphatic heterocycles. The van der Waals surface area contributed by atoms with Crippen LogP contribution in [0.1, 0.15) is 38.3 Å². The quantitative estimate of drug-likeness (QED) is 0.858. The second-order valence-electron chi connectivity index (χ2n) is 4.92. The highest BCUT2D eigenvalue weighted by Gasteiger charge is 2.28. The highest BCUT2D eigenvalue weighted by molar-refractivity contribution is 5.23. The molecule has 0 amide bonds. The van der Waals surface area contributed by atoms with E-state index in [1.807, 2.05) is 31.9 Å². The molecule has 0 radical (unpaired) electrons. The van der Waals surface area contributed by atoms with Gasteiger partial charge in [-0.3, -0.25) is 4.90 Å². The second kappa shape index (κ2) is 7.22. The summed E-state index contributed by atoms with van der Waals surface area (Å²) >= 11 is 0. The SMILES string of the molecule is CCC(N)C(c1ccccc1F)N(C)C(C)CC#N. The molecule has 3 nitrogen and oxygen atoms in total. The Morgan fingerprint density at radius 1 is 1.42 bits per heavy atom. The van der Waals surface area contributed by atoms with Gasteiger partial charge < -0.3 is 5.73 Å². The Morgan fingerprint density at radius 3 is 2.58 bits per heavy atom. The summed E-state index contributed by atoms with van der Waals surface area (Å²) in [4.78, 5) is 2.00. The van der Waals surface area contributed by atoms with Gasteiger partial charge in [-0.15, -0.1) is 0 Å². The smallest absolute Gasteiger partial charge is 0.128 e. The molecule has 0 aliphatic rings. The number of rotatable bonds is 6. The third kappa shape index (κ3) is 3.76. The van der Waals surface area contributed by atoms with Crippen LogP contribution < -0.4 is 5.73 Å². The molecule has 4 heteroatoms. The first-order valence-electron chi connectivity index (χ1n) is 6.61. The number of nitriles is 1. The number of benzene rings is 1. The van der Waals surface area contributed by atoms with Crippen molar-refractivity contribution in [2.75, 3.05) is 7.05 Å². The van der Waals surface area contributed by atoms with Crippen molar-refractivity contribution in [3.63, 3.8) is 0 Å². The van der Waals surface area contributed by atoms with Crippen molar-refractivity contribution >= 4 is 0 Å². The summed E-state index contributed by atoms with van der Waals surface area (Å²) in [6, 6.07) is 8.52. The predicted octanol–water partition coefficient (Wildman–Crippen LogP) is 2.84. The van der Waals surface area contributed by atoms with Crippen LogP contribution in [0.15, 0.2) is 24.3 Å². The first-order valence-corrected chi connectivity index (χ1v) is 6.61. The molecule has 0 aliphatic carbocycles. The van der Waals surface area contributed by atoms with Crippen molar-refractivity contribution in [2.45, 2.75) is 44.8 Å². The fraction of sp³-hybridized carbons (Fsp3) is 0.533. The predicted molar refractivity (Wildman–Crippen MR) is 74.9 cm³/mol. The van der Waals surface area contributed by atoms with Crippen molar-refractivity contribution in [3.8, 4) is 6.07 Å². The van der Waals surface area contributed by atoms with Crippen LogP contribution in [-0.4, -0.2) is 24.0 Å². The molecule has 0 spiro atoms. The summed E-state index contributed by atoms with van der Waals surface area (Å²) in [7, 11) is 1.90. The average Bonchev–Trinajstić information content (AvgIpc) is 2.41. The minimum atomic E-state index is -0.243. The first kappa shape index (κ1) is 15.6. The number of likely N-dealkylation sites (N-methyl/N-ethyl adjacent to an activating group) is 1. The van der Waals surface area contributed by atoms with Gasteiger partial charge in [0.05, 0.1) is 18.5 Å². The molecule has 104 valence electrons. The summed E-state index contributed by atoms with van der Waals surface area (Å²) in [5, 5.41) is 8.81. The molecule has 0 saturated heterocycles. The molecule has 3 atom stereocenters. The van der Waals surface area contributed by atoms with Gasteiger partial charge in [0, 0.05) is 17.6 Å². The number of nitrogens with two attached hydrogens (primary N) is 1. The highest BCUT2D eigenvalue weighted by Crippen LogP contribution is 2.28. The molecular weight excluding hydrogens is 241 g/mol. The van der Waals surface area contributed by atoms with Crippen molar-refractivity contribution in [3.05, 3.63) is 35.6 Å². The Morgan fingerprint density at radius 2 is 2.05 bits per heavy atom. The maximum Gasteiger partial charge on any atom is 0.128 e. The fourth-order valence-corrected chi connectivity index (χ4v) is 2.24. The van der Waals surface area contributed by atoms with Crippen molar-refractivity contribution in [1.29, 1.82) is 5.26 Å². The van der Waals surface area contributed by atoms with Gasteiger partial charge in [0.15, 0.2) is 0 Å². The van der Waals surface area contributed by atoms with E-state index in [-0.39, 0.29) is 23.9 Å². The van der Waals surface area contributed by atoms with Crippen LogP contribution in [0.2, 0.25) is 0 Å². The van der Waals surface area contributed by atoms with Gasteiger partial charge in [0.1, 0.15) is 5.82 Å². The van der Waals surface area contributed by atoms with E-state index in [1.54, 1.807) is 12.1 Å². The van der Waals surface area contributed by atoms with E-state index < -0.39 is 0 Å². The van der Waals surface area contributed by atoms with Crippen molar-refractivity contribution < 1.29 is 4.39 Å². The van der Waals surface area contributed by atoms with Gasteiger partial charge in [-0.25, -0.2) is 4.39 Å². The van der Waals surface area contributed by atoms with Gasteiger partial charge in [-0.2, -0.15) is 5.26 Å². The molecule has 0 saturated carbocycles. The Bertz CT molecular complexity index is 441. The Kier molecular flexibility index (Phi) is 5.94. The summed E-state index contributed by atoms with van der Waals surface area (Å²) in [6.45, 7) is 3.95. The lowest BCUT2D eigenvalue weighted by atomic mass is 9.94. The largest absolute Gasteiger partial charge is 0.326 e. The zero-order valence-corrected chi connectivity index (χ0v) is 11.8. The molecular formula is C15H22FN3. The molecule has 1 aromatic rings. The maximum absolute atomic E-state index is 14.0. The number of halogens is 1. The first-order chi connectivity index (χ1) is 9.02. The molecule has 0 fully saturated rings. The van der Waals surface area contributed by atoms with E-state index in [0.717, 1.165) is 6.42 Å². The zero-order valence-electron chi connectivity index (χ0n) is 11.8. The summed E-state index contributed by atoms with van der Waals surface area (Å²) < 4.78 is 14.0. The summed E-state index contributed by atoms with van der Waals surface area (Å²) in [5.74, 6) is -0.243. The molecule has 1 aromatic carbocycles. The van der Waals surface area contributed by atoms with Crippen LogP contribution in [0.3, 0.4) is 0 Å². The standard InChI is InChI=1S/C15H22FN3/c1-4-14(18)15(19(3)11(2)9-10-17)12-7-5-6-8-13(12)16/h5-8,11,14-15H,4,9,18H2,1-3H3. The van der Waals surface area contributed by atoms with Gasteiger partial charge in [-0.05, 0) is 26.5 Å². The zero-order chi connectivity index (χ0) is 14.4. The van der Waals surface area contributed by atoms with E-state index >= 15 is 0 Å². The monoisotopic (exact) mass is 263 g/mol. The van der Waals surface area contributed by atoms with Crippen LogP contribution in [-0.2, 0) is 0 Å². The van der Waals surface area contributed by atoms with Gasteiger partial charge in [0.25, 0.3) is 0 Å². The van der Waals surface area contributed by atoms with Crippen molar-refractivity contribution in [1.82, 2.24) is 4.90 Å². The fourth-order valence-electron chi connectivity index (χ4n) is 2.24. The van der Waals surface area contributed by atoms with Gasteiger partial charge in [0.2, 0.25) is 0 Å². The van der Waals surface area contributed by atoms with E-state index in [0.29, 0.717) is 12.0 Å². The topological polar surface area (TPSA) is 53.0 Å². The molecule has 0 aromatic heterocycles.